The number of methoxy groups -OCH3 is 1. The number of carbonyl (C=O) groups excluding carboxylic acids is 1. The molecule has 0 spiro atoms. The summed E-state index contributed by atoms with van der Waals surface area (Å²) < 4.78 is 5.21. The molecule has 0 bridgehead atoms. The van der Waals surface area contributed by atoms with Crippen LogP contribution in [-0.4, -0.2) is 36.6 Å². The number of nitrogens with two attached hydrogens (primary N) is 1. The van der Waals surface area contributed by atoms with Crippen molar-refractivity contribution in [2.75, 3.05) is 20.3 Å². The zero-order chi connectivity index (χ0) is 14.6. The highest BCUT2D eigenvalue weighted by molar-refractivity contribution is 5.85. The monoisotopic (exact) mass is 273 g/mol. The first kappa shape index (κ1) is 14.5. The molecule has 2 rings (SSSR count). The van der Waals surface area contributed by atoms with Crippen LogP contribution in [0.5, 0.6) is 0 Å². The fraction of sp³-hybridized carbons (Fsp3) is 0.467. The first-order valence-corrected chi connectivity index (χ1v) is 6.66. The van der Waals surface area contributed by atoms with E-state index in [0.29, 0.717) is 18.5 Å². The maximum atomic E-state index is 11.9. The van der Waals surface area contributed by atoms with E-state index in [-0.39, 0.29) is 12.5 Å². The number of hydrogen-bond acceptors (Lipinski definition) is 4. The fourth-order valence-corrected chi connectivity index (χ4v) is 2.89. The lowest BCUT2D eigenvalue weighted by molar-refractivity contribution is -0.132. The molecule has 1 unspecified atom stereocenters. The lowest BCUT2D eigenvalue weighted by Gasteiger charge is -2.35. The highest BCUT2D eigenvalue weighted by Gasteiger charge is 2.46. The van der Waals surface area contributed by atoms with Gasteiger partial charge < -0.3 is 10.5 Å². The fourth-order valence-electron chi connectivity index (χ4n) is 2.89. The predicted molar refractivity (Wildman–Crippen MR) is 74.6 cm³/mol. The quantitative estimate of drug-likeness (QED) is 0.868. The second kappa shape index (κ2) is 6.04. The highest BCUT2D eigenvalue weighted by atomic mass is 16.5. The van der Waals surface area contributed by atoms with Crippen LogP contribution in [0.15, 0.2) is 24.3 Å². The van der Waals surface area contributed by atoms with Crippen LogP contribution in [0, 0.1) is 11.3 Å². The second-order valence-corrected chi connectivity index (χ2v) is 5.12. The number of nitriles is 1. The molecule has 1 heterocycles. The molecule has 1 aromatic rings. The van der Waals surface area contributed by atoms with Gasteiger partial charge >= 0.3 is 0 Å². The number of likely N-dealkylation sites (tertiary alicyclic amines) is 1. The molecule has 1 aliphatic heterocycles. The summed E-state index contributed by atoms with van der Waals surface area (Å²) >= 11 is 0. The Balaban J connectivity index is 2.27. The lowest BCUT2D eigenvalue weighted by atomic mass is 9.95. The molecule has 1 aromatic carbocycles. The zero-order valence-corrected chi connectivity index (χ0v) is 11.6. The summed E-state index contributed by atoms with van der Waals surface area (Å²) in [6.07, 6.45) is 1.60. The van der Waals surface area contributed by atoms with Gasteiger partial charge in [-0.2, -0.15) is 5.26 Å². The minimum absolute atomic E-state index is 0.289. The molecule has 5 nitrogen and oxygen atoms in total. The van der Waals surface area contributed by atoms with Crippen molar-refractivity contribution in [2.24, 2.45) is 5.73 Å². The van der Waals surface area contributed by atoms with Crippen LogP contribution in [0.1, 0.15) is 24.0 Å². The average molecular weight is 273 g/mol. The van der Waals surface area contributed by atoms with Gasteiger partial charge in [-0.3, -0.25) is 9.69 Å². The minimum Gasteiger partial charge on any atom is -0.382 e. The minimum atomic E-state index is -0.753. The number of amides is 1. The number of rotatable bonds is 5. The molecular weight excluding hydrogens is 254 g/mol. The second-order valence-electron chi connectivity index (χ2n) is 5.12. The predicted octanol–water partition coefficient (Wildman–Crippen LogP) is 1.02. The normalized spacial score (nSPS) is 22.6. The van der Waals surface area contributed by atoms with Gasteiger partial charge in [-0.1, -0.05) is 18.2 Å². The van der Waals surface area contributed by atoms with E-state index in [2.05, 4.69) is 6.07 Å². The van der Waals surface area contributed by atoms with Crippen molar-refractivity contribution in [2.45, 2.75) is 24.9 Å². The summed E-state index contributed by atoms with van der Waals surface area (Å²) in [4.78, 5) is 13.9. The van der Waals surface area contributed by atoms with Crippen LogP contribution in [0.2, 0.25) is 0 Å². The van der Waals surface area contributed by atoms with E-state index in [1.165, 1.54) is 0 Å². The molecule has 1 atom stereocenters. The zero-order valence-electron chi connectivity index (χ0n) is 11.6. The van der Waals surface area contributed by atoms with Crippen molar-refractivity contribution in [1.82, 2.24) is 4.90 Å². The van der Waals surface area contributed by atoms with E-state index in [1.54, 1.807) is 13.2 Å². The van der Waals surface area contributed by atoms with Crippen molar-refractivity contribution in [3.8, 4) is 6.07 Å². The van der Waals surface area contributed by atoms with Crippen LogP contribution in [0.4, 0.5) is 0 Å². The molecule has 106 valence electrons. The van der Waals surface area contributed by atoms with Gasteiger partial charge in [-0.15, -0.1) is 0 Å². The Morgan fingerprint density at radius 1 is 1.55 bits per heavy atom. The molecule has 1 amide bonds. The standard InChI is InChI=1S/C15H19N3O2/c1-20-11-15(14(17)19)7-4-8-18(15)10-13-6-3-2-5-12(13)9-16/h2-3,5-6H,4,7-8,10-11H2,1H3,(H2,17,19). The smallest absolute Gasteiger partial charge is 0.240 e. The largest absolute Gasteiger partial charge is 0.382 e. The molecule has 5 heteroatoms. The third-order valence-corrected chi connectivity index (χ3v) is 3.96. The topological polar surface area (TPSA) is 79.3 Å². The summed E-state index contributed by atoms with van der Waals surface area (Å²) in [5.41, 5.74) is 6.40. The molecule has 1 aliphatic rings. The molecule has 2 N–H and O–H groups in total. The van der Waals surface area contributed by atoms with Crippen molar-refractivity contribution in [1.29, 1.82) is 5.26 Å². The Hall–Kier alpha value is -1.90. The third kappa shape index (κ3) is 2.53. The van der Waals surface area contributed by atoms with Crippen LogP contribution in [0.25, 0.3) is 0 Å². The van der Waals surface area contributed by atoms with Gasteiger partial charge in [0.15, 0.2) is 0 Å². The van der Waals surface area contributed by atoms with E-state index in [0.717, 1.165) is 18.5 Å². The van der Waals surface area contributed by atoms with Gasteiger partial charge in [0, 0.05) is 13.7 Å². The molecule has 0 aliphatic carbocycles. The molecule has 1 saturated heterocycles. The Morgan fingerprint density at radius 3 is 2.95 bits per heavy atom. The van der Waals surface area contributed by atoms with Gasteiger partial charge in [0.25, 0.3) is 0 Å². The first-order valence-electron chi connectivity index (χ1n) is 6.66. The molecule has 0 saturated carbocycles. The van der Waals surface area contributed by atoms with E-state index in [9.17, 15) is 4.79 Å². The highest BCUT2D eigenvalue weighted by Crippen LogP contribution is 2.31. The third-order valence-electron chi connectivity index (χ3n) is 3.96. The van der Waals surface area contributed by atoms with Gasteiger partial charge in [-0.05, 0) is 31.0 Å². The SMILES string of the molecule is COCC1(C(N)=O)CCCN1Cc1ccccc1C#N. The summed E-state index contributed by atoms with van der Waals surface area (Å²) in [6, 6.07) is 9.61. The van der Waals surface area contributed by atoms with E-state index in [4.69, 9.17) is 15.7 Å². The van der Waals surface area contributed by atoms with E-state index in [1.807, 2.05) is 23.1 Å². The number of primary amides is 1. The van der Waals surface area contributed by atoms with Gasteiger partial charge in [0.1, 0.15) is 5.54 Å². The first-order chi connectivity index (χ1) is 9.64. The average Bonchev–Trinajstić information content (AvgIpc) is 2.84. The number of nitrogens with zero attached hydrogens (tertiary/aromatic N) is 2. The van der Waals surface area contributed by atoms with Crippen LogP contribution in [-0.2, 0) is 16.1 Å². The number of ether oxygens (including phenoxy) is 1. The van der Waals surface area contributed by atoms with Crippen LogP contribution >= 0.6 is 0 Å². The Kier molecular flexibility index (Phi) is 4.38. The lowest BCUT2D eigenvalue weighted by Crippen LogP contribution is -2.56. The van der Waals surface area contributed by atoms with Crippen LogP contribution in [0.3, 0.4) is 0 Å². The van der Waals surface area contributed by atoms with Crippen molar-refractivity contribution < 1.29 is 9.53 Å². The maximum absolute atomic E-state index is 11.9. The van der Waals surface area contributed by atoms with Crippen LogP contribution < -0.4 is 5.73 Å². The number of hydrogen-bond donors (Lipinski definition) is 1. The molecular formula is C15H19N3O2. The van der Waals surface area contributed by atoms with Crippen molar-refractivity contribution in [3.05, 3.63) is 35.4 Å². The van der Waals surface area contributed by atoms with Crippen molar-refractivity contribution >= 4 is 5.91 Å². The Bertz CT molecular complexity index is 538. The molecule has 0 aromatic heterocycles. The summed E-state index contributed by atoms with van der Waals surface area (Å²) in [5.74, 6) is -0.355. The molecule has 0 radical (unpaired) electrons. The number of carbonyl (C=O) groups is 1. The molecule has 20 heavy (non-hydrogen) atoms. The summed E-state index contributed by atoms with van der Waals surface area (Å²) in [7, 11) is 1.57. The summed E-state index contributed by atoms with van der Waals surface area (Å²) in [5, 5.41) is 9.15. The van der Waals surface area contributed by atoms with E-state index < -0.39 is 5.54 Å². The van der Waals surface area contributed by atoms with Gasteiger partial charge in [0.2, 0.25) is 5.91 Å². The van der Waals surface area contributed by atoms with Crippen molar-refractivity contribution in [3.63, 3.8) is 0 Å². The molecule has 1 fully saturated rings. The van der Waals surface area contributed by atoms with E-state index >= 15 is 0 Å². The van der Waals surface area contributed by atoms with Gasteiger partial charge in [-0.25, -0.2) is 0 Å². The number of benzene rings is 1. The van der Waals surface area contributed by atoms with Gasteiger partial charge in [0.05, 0.1) is 18.2 Å². The summed E-state index contributed by atoms with van der Waals surface area (Å²) in [6.45, 7) is 1.61. The Morgan fingerprint density at radius 2 is 2.30 bits per heavy atom. The maximum Gasteiger partial charge on any atom is 0.240 e. The Labute approximate surface area is 118 Å².